The Kier molecular flexibility index (Phi) is 5.84. The first-order valence-electron chi connectivity index (χ1n) is 8.48. The van der Waals surface area contributed by atoms with Gasteiger partial charge in [-0.3, -0.25) is 0 Å². The summed E-state index contributed by atoms with van der Waals surface area (Å²) >= 11 is 1.52. The first kappa shape index (κ1) is 19.4. The second-order valence-electron chi connectivity index (χ2n) is 5.90. The molecular weight excluding hydrogens is 377 g/mol. The zero-order chi connectivity index (χ0) is 19.4. The average molecular weight is 396 g/mol. The molecule has 2 amide bonds. The van der Waals surface area contributed by atoms with E-state index in [0.29, 0.717) is 35.9 Å². The number of hydrogen-bond donors (Lipinski definition) is 1. The number of nitrogens with zero attached hydrogens (tertiary/aromatic N) is 1. The summed E-state index contributed by atoms with van der Waals surface area (Å²) < 4.78 is 43.8. The summed E-state index contributed by atoms with van der Waals surface area (Å²) in [5.41, 5.74) is 0.530. The Morgan fingerprint density at radius 2 is 1.93 bits per heavy atom. The lowest BCUT2D eigenvalue weighted by atomic mass is 10.1. The van der Waals surface area contributed by atoms with E-state index in [-0.39, 0.29) is 11.4 Å². The molecule has 0 aromatic heterocycles. The zero-order valence-electron chi connectivity index (χ0n) is 14.6. The van der Waals surface area contributed by atoms with Crippen molar-refractivity contribution in [2.75, 3.05) is 24.2 Å². The monoisotopic (exact) mass is 396 g/mol. The summed E-state index contributed by atoms with van der Waals surface area (Å²) in [6.45, 7) is 2.84. The predicted molar refractivity (Wildman–Crippen MR) is 100.0 cm³/mol. The molecule has 1 atom stereocenters. The molecule has 0 saturated carbocycles. The number of para-hydroxylation sites is 2. The number of benzene rings is 2. The molecule has 1 heterocycles. The molecule has 0 radical (unpaired) electrons. The van der Waals surface area contributed by atoms with Gasteiger partial charge in [-0.25, -0.2) is 4.79 Å². The molecule has 2 aromatic rings. The van der Waals surface area contributed by atoms with Crippen LogP contribution in [0.2, 0.25) is 0 Å². The van der Waals surface area contributed by atoms with Gasteiger partial charge in [0, 0.05) is 12.3 Å². The fraction of sp³-hybridized carbons (Fsp3) is 0.316. The van der Waals surface area contributed by atoms with Crippen molar-refractivity contribution in [3.05, 3.63) is 59.7 Å². The number of carbonyl (C=O) groups is 1. The van der Waals surface area contributed by atoms with Gasteiger partial charge in [0.25, 0.3) is 0 Å². The third kappa shape index (κ3) is 4.50. The van der Waals surface area contributed by atoms with E-state index in [2.05, 4.69) is 5.32 Å². The van der Waals surface area contributed by atoms with Gasteiger partial charge in [-0.2, -0.15) is 13.2 Å². The van der Waals surface area contributed by atoms with Crippen molar-refractivity contribution in [2.24, 2.45) is 0 Å². The van der Waals surface area contributed by atoms with Gasteiger partial charge in [0.05, 0.1) is 17.9 Å². The molecule has 1 aliphatic heterocycles. The number of alkyl halides is 3. The van der Waals surface area contributed by atoms with Crippen LogP contribution in [0.1, 0.15) is 23.4 Å². The molecule has 1 saturated heterocycles. The van der Waals surface area contributed by atoms with Crippen molar-refractivity contribution in [1.82, 2.24) is 4.90 Å². The fourth-order valence-electron chi connectivity index (χ4n) is 2.83. The quantitative estimate of drug-likeness (QED) is 0.754. The third-order valence-corrected chi connectivity index (χ3v) is 5.36. The summed E-state index contributed by atoms with van der Waals surface area (Å²) in [7, 11) is 0. The van der Waals surface area contributed by atoms with Gasteiger partial charge in [0.1, 0.15) is 11.1 Å². The number of anilines is 1. The predicted octanol–water partition coefficient (Wildman–Crippen LogP) is 5.38. The molecule has 1 N–H and O–H groups in total. The second kappa shape index (κ2) is 8.12. The van der Waals surface area contributed by atoms with Crippen LogP contribution in [0.3, 0.4) is 0 Å². The molecule has 144 valence electrons. The first-order valence-corrected chi connectivity index (χ1v) is 9.53. The number of carbonyl (C=O) groups excluding carboxylic acids is 1. The number of nitrogens with one attached hydrogen (secondary N) is 1. The second-order valence-corrected chi connectivity index (χ2v) is 7.08. The van der Waals surface area contributed by atoms with Crippen LogP contribution < -0.4 is 10.1 Å². The zero-order valence-corrected chi connectivity index (χ0v) is 15.4. The SMILES string of the molecule is CCOc1ccccc1NC(=O)N1CCSC1c1ccc(C(F)(F)F)cc1. The van der Waals surface area contributed by atoms with Gasteiger partial charge >= 0.3 is 12.2 Å². The smallest absolute Gasteiger partial charge is 0.416 e. The Morgan fingerprint density at radius 3 is 2.59 bits per heavy atom. The Hall–Kier alpha value is -2.35. The van der Waals surface area contributed by atoms with Gasteiger partial charge in [0.2, 0.25) is 0 Å². The molecule has 4 nitrogen and oxygen atoms in total. The van der Waals surface area contributed by atoms with E-state index in [9.17, 15) is 18.0 Å². The summed E-state index contributed by atoms with van der Waals surface area (Å²) in [4.78, 5) is 14.4. The molecule has 8 heteroatoms. The van der Waals surface area contributed by atoms with Crippen molar-refractivity contribution >= 4 is 23.5 Å². The number of ether oxygens (including phenoxy) is 1. The van der Waals surface area contributed by atoms with Crippen molar-refractivity contribution in [1.29, 1.82) is 0 Å². The highest BCUT2D eigenvalue weighted by Gasteiger charge is 2.33. The van der Waals surface area contributed by atoms with Crippen LogP contribution in [0.4, 0.5) is 23.7 Å². The summed E-state index contributed by atoms with van der Waals surface area (Å²) in [5.74, 6) is 1.29. The molecule has 27 heavy (non-hydrogen) atoms. The van der Waals surface area contributed by atoms with E-state index in [1.165, 1.54) is 23.9 Å². The maximum absolute atomic E-state index is 12.8. The Bertz CT molecular complexity index is 796. The molecule has 3 rings (SSSR count). The minimum atomic E-state index is -4.37. The summed E-state index contributed by atoms with van der Waals surface area (Å²) in [5, 5.41) is 2.51. The van der Waals surface area contributed by atoms with E-state index in [0.717, 1.165) is 12.1 Å². The highest BCUT2D eigenvalue weighted by atomic mass is 32.2. The number of amides is 2. The standard InChI is InChI=1S/C19H19F3N2O2S/c1-2-26-16-6-4-3-5-15(16)23-18(25)24-11-12-27-17(24)13-7-9-14(10-8-13)19(20,21)22/h3-10,17H,2,11-12H2,1H3,(H,23,25). The highest BCUT2D eigenvalue weighted by Crippen LogP contribution is 2.39. The lowest BCUT2D eigenvalue weighted by Crippen LogP contribution is -2.34. The van der Waals surface area contributed by atoms with Crippen molar-refractivity contribution in [3.8, 4) is 5.75 Å². The molecule has 0 bridgehead atoms. The van der Waals surface area contributed by atoms with Crippen molar-refractivity contribution in [3.63, 3.8) is 0 Å². The van der Waals surface area contributed by atoms with E-state index >= 15 is 0 Å². The maximum atomic E-state index is 12.8. The number of urea groups is 1. The number of rotatable bonds is 4. The van der Waals surface area contributed by atoms with E-state index < -0.39 is 11.7 Å². The van der Waals surface area contributed by atoms with Gasteiger partial charge < -0.3 is 15.0 Å². The van der Waals surface area contributed by atoms with Crippen LogP contribution in [0, 0.1) is 0 Å². The molecule has 0 spiro atoms. The minimum absolute atomic E-state index is 0.308. The van der Waals surface area contributed by atoms with Gasteiger partial charge in [-0.15, -0.1) is 11.8 Å². The Labute approximate surface area is 159 Å². The number of thioether (sulfide) groups is 1. The van der Waals surface area contributed by atoms with Gasteiger partial charge in [0.15, 0.2) is 0 Å². The van der Waals surface area contributed by atoms with Crippen LogP contribution in [-0.4, -0.2) is 29.8 Å². The van der Waals surface area contributed by atoms with Crippen LogP contribution in [-0.2, 0) is 6.18 Å². The lowest BCUT2D eigenvalue weighted by molar-refractivity contribution is -0.137. The topological polar surface area (TPSA) is 41.6 Å². The molecule has 0 aliphatic carbocycles. The largest absolute Gasteiger partial charge is 0.492 e. The van der Waals surface area contributed by atoms with E-state index in [4.69, 9.17) is 4.74 Å². The Morgan fingerprint density at radius 1 is 1.22 bits per heavy atom. The van der Waals surface area contributed by atoms with Gasteiger partial charge in [-0.05, 0) is 36.8 Å². The molecular formula is C19H19F3N2O2S. The lowest BCUT2D eigenvalue weighted by Gasteiger charge is -2.25. The molecule has 1 fully saturated rings. The van der Waals surface area contributed by atoms with Crippen LogP contribution >= 0.6 is 11.8 Å². The molecule has 1 unspecified atom stereocenters. The normalized spacial score (nSPS) is 17.0. The minimum Gasteiger partial charge on any atom is -0.492 e. The van der Waals surface area contributed by atoms with Crippen LogP contribution in [0.25, 0.3) is 0 Å². The van der Waals surface area contributed by atoms with Crippen LogP contribution in [0.5, 0.6) is 5.75 Å². The summed E-state index contributed by atoms with van der Waals surface area (Å²) in [6.07, 6.45) is -4.37. The van der Waals surface area contributed by atoms with E-state index in [1.54, 1.807) is 23.1 Å². The number of hydrogen-bond acceptors (Lipinski definition) is 3. The molecule has 1 aliphatic rings. The van der Waals surface area contributed by atoms with E-state index in [1.807, 2.05) is 13.0 Å². The van der Waals surface area contributed by atoms with Gasteiger partial charge in [-0.1, -0.05) is 24.3 Å². The third-order valence-electron chi connectivity index (χ3n) is 4.10. The molecule has 2 aromatic carbocycles. The van der Waals surface area contributed by atoms with Crippen molar-refractivity contribution in [2.45, 2.75) is 18.5 Å². The van der Waals surface area contributed by atoms with Crippen molar-refractivity contribution < 1.29 is 22.7 Å². The Balaban J connectivity index is 1.75. The number of halogens is 3. The first-order chi connectivity index (χ1) is 12.9. The summed E-state index contributed by atoms with van der Waals surface area (Å²) in [6, 6.07) is 11.8. The fourth-order valence-corrected chi connectivity index (χ4v) is 4.09. The highest BCUT2D eigenvalue weighted by molar-refractivity contribution is 7.99. The maximum Gasteiger partial charge on any atom is 0.416 e. The average Bonchev–Trinajstić information content (AvgIpc) is 3.13. The van der Waals surface area contributed by atoms with Crippen LogP contribution in [0.15, 0.2) is 48.5 Å².